The number of thiazole rings is 1. The monoisotopic (exact) mass is 288 g/mol. The van der Waals surface area contributed by atoms with Gasteiger partial charge < -0.3 is 9.64 Å². The zero-order valence-corrected chi connectivity index (χ0v) is 12.5. The van der Waals surface area contributed by atoms with Gasteiger partial charge in [0.25, 0.3) is 0 Å². The van der Waals surface area contributed by atoms with Gasteiger partial charge in [-0.1, -0.05) is 0 Å². The molecule has 0 radical (unpaired) electrons. The second kappa shape index (κ2) is 7.43. The molecule has 0 amide bonds. The van der Waals surface area contributed by atoms with Crippen molar-refractivity contribution in [1.82, 2.24) is 9.88 Å². The third-order valence-electron chi connectivity index (χ3n) is 3.35. The molecular weight excluding hydrogens is 268 g/mol. The molecule has 5 heteroatoms. The highest BCUT2D eigenvalue weighted by Crippen LogP contribution is 2.16. The molecule has 102 valence electrons. The minimum absolute atomic E-state index is 0.522. The van der Waals surface area contributed by atoms with E-state index in [2.05, 4.69) is 22.3 Å². The second-order valence-corrected chi connectivity index (χ2v) is 6.14. The molecule has 2 rings (SSSR count). The summed E-state index contributed by atoms with van der Waals surface area (Å²) < 4.78 is 5.39. The van der Waals surface area contributed by atoms with E-state index in [1.807, 2.05) is 0 Å². The van der Waals surface area contributed by atoms with Crippen LogP contribution in [0.2, 0.25) is 0 Å². The van der Waals surface area contributed by atoms with Crippen LogP contribution in [0.4, 0.5) is 0 Å². The molecule has 0 atom stereocenters. The molecule has 1 aromatic heterocycles. The number of hydrogen-bond acceptors (Lipinski definition) is 4. The Labute approximate surface area is 118 Å². The number of aromatic nitrogens is 1. The van der Waals surface area contributed by atoms with E-state index in [1.54, 1.807) is 11.3 Å². The minimum Gasteiger partial charge on any atom is -0.381 e. The summed E-state index contributed by atoms with van der Waals surface area (Å²) in [6.45, 7) is 4.12. The SMILES string of the molecule is CN(CCc1nc(CCl)cs1)CC1CCOCC1. The molecule has 18 heavy (non-hydrogen) atoms. The van der Waals surface area contributed by atoms with Gasteiger partial charge in [-0.3, -0.25) is 0 Å². The van der Waals surface area contributed by atoms with Gasteiger partial charge in [-0.15, -0.1) is 22.9 Å². The summed E-state index contributed by atoms with van der Waals surface area (Å²) in [5.41, 5.74) is 1.00. The van der Waals surface area contributed by atoms with Crippen LogP contribution in [0, 0.1) is 5.92 Å². The van der Waals surface area contributed by atoms with Crippen LogP contribution in [0.25, 0.3) is 0 Å². The lowest BCUT2D eigenvalue weighted by Crippen LogP contribution is -2.31. The maximum Gasteiger partial charge on any atom is 0.0941 e. The quantitative estimate of drug-likeness (QED) is 0.753. The molecule has 3 nitrogen and oxygen atoms in total. The van der Waals surface area contributed by atoms with Crippen LogP contribution in [0.15, 0.2) is 5.38 Å². The average molecular weight is 289 g/mol. The van der Waals surface area contributed by atoms with Crippen LogP contribution >= 0.6 is 22.9 Å². The van der Waals surface area contributed by atoms with E-state index < -0.39 is 0 Å². The number of ether oxygens (including phenoxy) is 1. The van der Waals surface area contributed by atoms with Crippen LogP contribution in [0.5, 0.6) is 0 Å². The topological polar surface area (TPSA) is 25.4 Å². The smallest absolute Gasteiger partial charge is 0.0941 e. The van der Waals surface area contributed by atoms with Gasteiger partial charge in [0.1, 0.15) is 0 Å². The van der Waals surface area contributed by atoms with Crippen LogP contribution < -0.4 is 0 Å². The third-order valence-corrected chi connectivity index (χ3v) is 4.59. The molecule has 0 unspecified atom stereocenters. The molecule has 0 spiro atoms. The van der Waals surface area contributed by atoms with Crippen LogP contribution in [0.1, 0.15) is 23.5 Å². The maximum absolute atomic E-state index is 5.75. The Morgan fingerprint density at radius 3 is 2.94 bits per heavy atom. The standard InChI is InChI=1S/C13H21ClN2OS/c1-16(9-11-3-6-17-7-4-11)5-2-13-15-12(8-14)10-18-13/h10-11H,2-9H2,1H3. The molecule has 1 saturated heterocycles. The Kier molecular flexibility index (Phi) is 5.89. The van der Waals surface area contributed by atoms with Gasteiger partial charge in [0.15, 0.2) is 0 Å². The lowest BCUT2D eigenvalue weighted by Gasteiger charge is -2.26. The summed E-state index contributed by atoms with van der Waals surface area (Å²) in [6, 6.07) is 0. The van der Waals surface area contributed by atoms with Crippen LogP contribution in [-0.4, -0.2) is 43.2 Å². The fourth-order valence-corrected chi connectivity index (χ4v) is 3.29. The first kappa shape index (κ1) is 14.3. The predicted octanol–water partition coefficient (Wildman–Crippen LogP) is 2.78. The Bertz CT molecular complexity index is 353. The van der Waals surface area contributed by atoms with Gasteiger partial charge in [0.05, 0.1) is 16.6 Å². The van der Waals surface area contributed by atoms with Crippen molar-refractivity contribution in [3.05, 3.63) is 16.1 Å². The van der Waals surface area contributed by atoms with E-state index in [9.17, 15) is 0 Å². The van der Waals surface area contributed by atoms with Gasteiger partial charge in [-0.25, -0.2) is 4.98 Å². The lowest BCUT2D eigenvalue weighted by molar-refractivity contribution is 0.0558. The zero-order chi connectivity index (χ0) is 12.8. The number of nitrogens with zero attached hydrogens (tertiary/aromatic N) is 2. The van der Waals surface area contributed by atoms with Crippen molar-refractivity contribution in [2.45, 2.75) is 25.1 Å². The van der Waals surface area contributed by atoms with E-state index in [1.165, 1.54) is 24.4 Å². The van der Waals surface area contributed by atoms with E-state index in [-0.39, 0.29) is 0 Å². The highest BCUT2D eigenvalue weighted by atomic mass is 35.5. The van der Waals surface area contributed by atoms with Crippen molar-refractivity contribution in [3.63, 3.8) is 0 Å². The molecule has 1 aliphatic heterocycles. The Hall–Kier alpha value is -0.160. The van der Waals surface area contributed by atoms with Crippen molar-refractivity contribution in [3.8, 4) is 0 Å². The summed E-state index contributed by atoms with van der Waals surface area (Å²) in [5, 5.41) is 3.25. The van der Waals surface area contributed by atoms with E-state index >= 15 is 0 Å². The third kappa shape index (κ3) is 4.50. The van der Waals surface area contributed by atoms with Crippen LogP contribution in [0.3, 0.4) is 0 Å². The van der Waals surface area contributed by atoms with Crippen molar-refractivity contribution in [2.24, 2.45) is 5.92 Å². The molecular formula is C13H21ClN2OS. The lowest BCUT2D eigenvalue weighted by atomic mass is 10.00. The predicted molar refractivity (Wildman–Crippen MR) is 76.4 cm³/mol. The molecule has 0 aromatic carbocycles. The van der Waals surface area contributed by atoms with Gasteiger partial charge in [0, 0.05) is 38.1 Å². The van der Waals surface area contributed by atoms with Gasteiger partial charge in [-0.2, -0.15) is 0 Å². The summed E-state index contributed by atoms with van der Waals surface area (Å²) in [4.78, 5) is 6.90. The normalized spacial score (nSPS) is 17.5. The van der Waals surface area contributed by atoms with E-state index in [0.29, 0.717) is 5.88 Å². The van der Waals surface area contributed by atoms with Crippen LogP contribution in [-0.2, 0) is 17.0 Å². The van der Waals surface area contributed by atoms with Gasteiger partial charge in [-0.05, 0) is 25.8 Å². The number of halogens is 1. The Balaban J connectivity index is 1.68. The van der Waals surface area contributed by atoms with Gasteiger partial charge >= 0.3 is 0 Å². The first-order chi connectivity index (χ1) is 8.78. The fourth-order valence-electron chi connectivity index (χ4n) is 2.27. The van der Waals surface area contributed by atoms with Gasteiger partial charge in [0.2, 0.25) is 0 Å². The summed E-state index contributed by atoms with van der Waals surface area (Å²) in [7, 11) is 2.20. The highest BCUT2D eigenvalue weighted by Gasteiger charge is 2.15. The fraction of sp³-hybridized carbons (Fsp3) is 0.769. The molecule has 1 fully saturated rings. The zero-order valence-electron chi connectivity index (χ0n) is 10.9. The highest BCUT2D eigenvalue weighted by molar-refractivity contribution is 7.09. The number of hydrogen-bond donors (Lipinski definition) is 0. The molecule has 0 bridgehead atoms. The molecule has 0 aliphatic carbocycles. The van der Waals surface area contributed by atoms with Crippen molar-refractivity contribution in [2.75, 3.05) is 33.4 Å². The van der Waals surface area contributed by atoms with Crippen molar-refractivity contribution >= 4 is 22.9 Å². The summed E-state index contributed by atoms with van der Waals surface area (Å²) >= 11 is 7.47. The maximum atomic E-state index is 5.75. The van der Waals surface area contributed by atoms with Crippen molar-refractivity contribution < 1.29 is 4.74 Å². The molecule has 2 heterocycles. The molecule has 0 N–H and O–H groups in total. The van der Waals surface area contributed by atoms with Crippen molar-refractivity contribution in [1.29, 1.82) is 0 Å². The second-order valence-electron chi connectivity index (χ2n) is 4.93. The largest absolute Gasteiger partial charge is 0.381 e. The summed E-state index contributed by atoms with van der Waals surface area (Å²) in [6.07, 6.45) is 3.44. The Morgan fingerprint density at radius 1 is 1.50 bits per heavy atom. The van der Waals surface area contributed by atoms with E-state index in [4.69, 9.17) is 16.3 Å². The summed E-state index contributed by atoms with van der Waals surface area (Å²) in [5.74, 6) is 1.33. The first-order valence-corrected chi connectivity index (χ1v) is 7.95. The molecule has 1 aliphatic rings. The Morgan fingerprint density at radius 2 is 2.28 bits per heavy atom. The number of alkyl halides is 1. The van der Waals surface area contributed by atoms with E-state index in [0.717, 1.165) is 37.8 Å². The number of likely N-dealkylation sites (N-methyl/N-ethyl adjacent to an activating group) is 1. The molecule has 1 aromatic rings. The molecule has 0 saturated carbocycles. The average Bonchev–Trinajstić information content (AvgIpc) is 2.85. The first-order valence-electron chi connectivity index (χ1n) is 6.53. The number of rotatable bonds is 6. The minimum atomic E-state index is 0.522.